The summed E-state index contributed by atoms with van der Waals surface area (Å²) >= 11 is 0. The van der Waals surface area contributed by atoms with E-state index in [1.54, 1.807) is 61.9 Å². The molecule has 6 saturated heterocycles. The average Bonchev–Trinajstić information content (AvgIpc) is 1.29. The topological polar surface area (TPSA) is 266 Å². The van der Waals surface area contributed by atoms with Crippen molar-refractivity contribution in [1.82, 2.24) is 39.2 Å². The van der Waals surface area contributed by atoms with Crippen LogP contribution in [0.15, 0.2) is 0 Å². The van der Waals surface area contributed by atoms with Gasteiger partial charge < -0.3 is 73.9 Å². The van der Waals surface area contributed by atoms with Gasteiger partial charge in [0.05, 0.1) is 36.6 Å². The van der Waals surface area contributed by atoms with Gasteiger partial charge in [0.25, 0.3) is 0 Å². The lowest BCUT2D eigenvalue weighted by molar-refractivity contribution is -0.140. The maximum Gasteiger partial charge on any atom is 0.228 e. The predicted molar refractivity (Wildman–Crippen MR) is 409 cm³/mol. The molecule has 6 rings (SSSR count). The van der Waals surface area contributed by atoms with Crippen molar-refractivity contribution in [2.24, 2.45) is 56.7 Å². The molecule has 602 valence electrons. The van der Waals surface area contributed by atoms with Crippen molar-refractivity contribution >= 4 is 35.4 Å². The molecule has 2 unspecified atom stereocenters. The minimum atomic E-state index is -0.439. The molecule has 0 saturated carbocycles. The minimum absolute atomic E-state index is 0.00954. The van der Waals surface area contributed by atoms with Crippen LogP contribution in [-0.2, 0) is 47.7 Å². The van der Waals surface area contributed by atoms with Crippen LogP contribution in [0.3, 0.4) is 0 Å². The van der Waals surface area contributed by atoms with Gasteiger partial charge in [0.15, 0.2) is 0 Å². The van der Waals surface area contributed by atoms with Crippen LogP contribution >= 0.6 is 0 Å². The number of carbonyl (C=O) groups is 6. The van der Waals surface area contributed by atoms with E-state index in [4.69, 9.17) is 18.9 Å². The van der Waals surface area contributed by atoms with E-state index < -0.39 is 30.5 Å². The Morgan fingerprint density at radius 3 is 0.941 bits per heavy atom. The van der Waals surface area contributed by atoms with Gasteiger partial charge in [-0.2, -0.15) is 0 Å². The maximum absolute atomic E-state index is 12.0. The van der Waals surface area contributed by atoms with Gasteiger partial charge in [0, 0.05) is 186 Å². The zero-order valence-electron chi connectivity index (χ0n) is 70.2. The predicted octanol–water partition coefficient (Wildman–Crippen LogP) is 8.67. The van der Waals surface area contributed by atoms with E-state index in [-0.39, 0.29) is 98.2 Å². The number of ether oxygens (including phenoxy) is 4. The van der Waals surface area contributed by atoms with Crippen LogP contribution in [0.2, 0.25) is 0 Å². The average molecular weight is 1460 g/mol. The fraction of sp³-hybridized carbons (Fsp3) is 0.924. The molecule has 6 amide bonds. The number of hydrogen-bond donors (Lipinski definition) is 5. The third-order valence-corrected chi connectivity index (χ3v) is 19.6. The van der Waals surface area contributed by atoms with Crippen LogP contribution in [0.5, 0.6) is 0 Å². The second-order valence-corrected chi connectivity index (χ2v) is 36.4. The van der Waals surface area contributed by atoms with E-state index in [0.29, 0.717) is 38.3 Å². The molecule has 23 heteroatoms. The molecule has 6 heterocycles. The molecule has 6 aliphatic rings. The second-order valence-electron chi connectivity index (χ2n) is 36.4. The number of aliphatic hydroxyl groups is 5. The molecule has 6 fully saturated rings. The Morgan fingerprint density at radius 1 is 0.422 bits per heavy atom. The SMILES string of the molecule is CC(=O)N(C)C[C@@H](O)C(C)C.CC(C)(C)N1CC(N2CCCC2)C1.CC(C)[C@@H](O)CN(C)C(=O)C(C)(C)C.CN(CC(O)C1CCOCC1)C(=O)C(C)(C)C.CN(C[C@@H](O)C1CCOCC1)C(=O)C(C)(C)C.CN(C[C@H](O)C1CCOCC1)C(=O)C(C)(C)C.COC1CCN(C(=O)C(C)(C)C)C1. The van der Waals surface area contributed by atoms with Crippen LogP contribution < -0.4 is 0 Å². The third kappa shape index (κ3) is 38.8. The minimum Gasteiger partial charge on any atom is -0.391 e. The molecule has 6 aliphatic heterocycles. The van der Waals surface area contributed by atoms with Gasteiger partial charge in [-0.3, -0.25) is 38.6 Å². The second kappa shape index (κ2) is 45.9. The van der Waals surface area contributed by atoms with Gasteiger partial charge in [-0.05, 0) is 121 Å². The van der Waals surface area contributed by atoms with Crippen LogP contribution in [-0.4, -0.2) is 302 Å². The van der Waals surface area contributed by atoms with Gasteiger partial charge in [0.1, 0.15) is 0 Å². The van der Waals surface area contributed by atoms with Gasteiger partial charge in [-0.1, -0.05) is 132 Å². The summed E-state index contributed by atoms with van der Waals surface area (Å²) in [5.74, 6) is 1.68. The van der Waals surface area contributed by atoms with Crippen LogP contribution in [0, 0.1) is 56.7 Å². The number of nitrogens with zero attached hydrogens (tertiary/aromatic N) is 8. The Morgan fingerprint density at radius 2 is 0.706 bits per heavy atom. The number of likely N-dealkylation sites (N-methyl/N-ethyl adjacent to an activating group) is 5. The number of rotatable bonds is 17. The summed E-state index contributed by atoms with van der Waals surface area (Å²) in [5.41, 5.74) is -1.40. The number of hydrogen-bond acceptors (Lipinski definition) is 17. The van der Waals surface area contributed by atoms with E-state index in [0.717, 1.165) is 104 Å². The molecule has 0 radical (unpaired) electrons. The first-order valence-electron chi connectivity index (χ1n) is 38.3. The van der Waals surface area contributed by atoms with Crippen molar-refractivity contribution in [3.63, 3.8) is 0 Å². The Hall–Kier alpha value is -3.62. The van der Waals surface area contributed by atoms with Crippen molar-refractivity contribution in [3.8, 4) is 0 Å². The van der Waals surface area contributed by atoms with E-state index in [9.17, 15) is 54.3 Å². The molecule has 5 N–H and O–H groups in total. The monoisotopic (exact) mass is 1460 g/mol. The van der Waals surface area contributed by atoms with Crippen molar-refractivity contribution in [3.05, 3.63) is 0 Å². The molecular formula is C79H156N8O15. The fourth-order valence-electron chi connectivity index (χ4n) is 12.2. The molecule has 0 aliphatic carbocycles. The number of amides is 6. The highest BCUT2D eigenvalue weighted by molar-refractivity contribution is 5.83. The van der Waals surface area contributed by atoms with Crippen LogP contribution in [0.1, 0.15) is 217 Å². The highest BCUT2D eigenvalue weighted by Crippen LogP contribution is 2.29. The highest BCUT2D eigenvalue weighted by Gasteiger charge is 2.39. The molecule has 0 bridgehead atoms. The van der Waals surface area contributed by atoms with Gasteiger partial charge >= 0.3 is 0 Å². The van der Waals surface area contributed by atoms with Crippen molar-refractivity contribution in [1.29, 1.82) is 0 Å². The summed E-state index contributed by atoms with van der Waals surface area (Å²) in [5, 5.41) is 49.3. The molecular weight excluding hydrogens is 1300 g/mol. The Balaban J connectivity index is 0.00000117. The van der Waals surface area contributed by atoms with E-state index in [1.165, 1.54) is 50.8 Å². The Bertz CT molecular complexity index is 2230. The van der Waals surface area contributed by atoms with Crippen LogP contribution in [0.4, 0.5) is 0 Å². The first-order valence-corrected chi connectivity index (χ1v) is 38.3. The summed E-state index contributed by atoms with van der Waals surface area (Å²) in [4.78, 5) is 85.4. The highest BCUT2D eigenvalue weighted by atomic mass is 16.5. The van der Waals surface area contributed by atoms with E-state index in [1.807, 2.05) is 136 Å². The summed E-state index contributed by atoms with van der Waals surface area (Å²) in [7, 11) is 10.4. The zero-order chi connectivity index (χ0) is 79.2. The normalized spacial score (nSPS) is 20.0. The number of methoxy groups -OCH3 is 1. The van der Waals surface area contributed by atoms with E-state index in [2.05, 4.69) is 30.6 Å². The van der Waals surface area contributed by atoms with Gasteiger partial charge in [-0.15, -0.1) is 0 Å². The number of likely N-dealkylation sites (tertiary alicyclic amines) is 3. The lowest BCUT2D eigenvalue weighted by atomic mass is 9.92. The molecule has 6 atom stereocenters. The molecule has 0 spiro atoms. The summed E-state index contributed by atoms with van der Waals surface area (Å²) in [6, 6.07) is 0.877. The lowest BCUT2D eigenvalue weighted by Crippen LogP contribution is -2.64. The first-order chi connectivity index (χ1) is 46.6. The lowest BCUT2D eigenvalue weighted by Gasteiger charge is -2.50. The van der Waals surface area contributed by atoms with Crippen molar-refractivity contribution in [2.45, 2.75) is 265 Å². The van der Waals surface area contributed by atoms with Crippen molar-refractivity contribution < 1.29 is 73.2 Å². The first kappa shape index (κ1) is 98.4. The molecule has 102 heavy (non-hydrogen) atoms. The quantitative estimate of drug-likeness (QED) is 0.0911. The molecule has 0 aromatic carbocycles. The summed E-state index contributed by atoms with van der Waals surface area (Å²) < 4.78 is 21.0. The zero-order valence-corrected chi connectivity index (χ0v) is 70.2. The largest absolute Gasteiger partial charge is 0.391 e. The third-order valence-electron chi connectivity index (χ3n) is 19.6. The molecule has 0 aromatic rings. The number of carbonyl (C=O) groups excluding carboxylic acids is 6. The van der Waals surface area contributed by atoms with Gasteiger partial charge in [-0.25, -0.2) is 0 Å². The smallest absolute Gasteiger partial charge is 0.228 e. The Kier molecular flexibility index (Phi) is 44.3. The molecule has 23 nitrogen and oxygen atoms in total. The van der Waals surface area contributed by atoms with E-state index >= 15 is 0 Å². The van der Waals surface area contributed by atoms with Gasteiger partial charge in [0.2, 0.25) is 35.4 Å². The number of aliphatic hydroxyl groups excluding tert-OH is 5. The summed E-state index contributed by atoms with van der Waals surface area (Å²) in [6.07, 6.45) is 7.23. The standard InChI is InChI=1S/3C13H25NO3.C11H22N2.C11H23NO2.C10H19NO2.C8H17NO2/c3*1-13(2,3)12(16)14(4)9-11(15)10-5-7-17-8-6-10;1-11(2,3)13-8-10(9-13)12-6-4-5-7-12;1-8(2)9(13)7-12(6)10(14)11(3,4)5;1-10(2,3)9(12)11-6-5-8(7-11)13-4;1-6(2)8(11)5-9(4)7(3)10/h3*10-11,15H,5-9H2,1-4H3;10H,4-9H2,1-3H3;8-9,13H,7H2,1-6H3;8H,5-7H2,1-4H3;6,8,11H,5H2,1-4H3/t2*11-;;;9-;;8-/m10..0.1/s1. The van der Waals surface area contributed by atoms with Crippen LogP contribution in [0.25, 0.3) is 0 Å². The maximum atomic E-state index is 12.0. The Labute approximate surface area is 621 Å². The fourth-order valence-corrected chi connectivity index (χ4v) is 12.2. The van der Waals surface area contributed by atoms with Crippen molar-refractivity contribution in [2.75, 3.05) is 154 Å². The summed E-state index contributed by atoms with van der Waals surface area (Å²) in [6.45, 7) is 58.0. The molecule has 0 aromatic heterocycles.